The summed E-state index contributed by atoms with van der Waals surface area (Å²) in [5.74, 6) is 1.12. The van der Waals surface area contributed by atoms with E-state index in [0.717, 1.165) is 25.7 Å². The van der Waals surface area contributed by atoms with E-state index in [2.05, 4.69) is 0 Å². The number of ether oxygens (including phenoxy) is 2. The molecule has 7 heteroatoms. The van der Waals surface area contributed by atoms with Crippen LogP contribution < -0.4 is 15.2 Å². The highest BCUT2D eigenvalue weighted by Gasteiger charge is 2.33. The lowest BCUT2D eigenvalue weighted by molar-refractivity contribution is 0.243. The summed E-state index contributed by atoms with van der Waals surface area (Å²) in [5, 5.41) is 0. The number of hydrogen-bond donors (Lipinski definition) is 1. The minimum absolute atomic E-state index is 0.00488. The molecule has 1 fully saturated rings. The van der Waals surface area contributed by atoms with Gasteiger partial charge in [0.15, 0.2) is 11.5 Å². The zero-order valence-corrected chi connectivity index (χ0v) is 14.1. The molecular formula is C16H24N2O4S. The molecule has 0 radical (unpaired) electrons. The first-order valence-electron chi connectivity index (χ1n) is 8.24. The Morgan fingerprint density at radius 1 is 1.13 bits per heavy atom. The highest BCUT2D eigenvalue weighted by Crippen LogP contribution is 2.34. The van der Waals surface area contributed by atoms with Crippen LogP contribution in [-0.2, 0) is 10.0 Å². The monoisotopic (exact) mass is 340 g/mol. The first kappa shape index (κ1) is 16.5. The molecule has 2 heterocycles. The van der Waals surface area contributed by atoms with E-state index in [1.807, 2.05) is 0 Å². The molecule has 1 atom stereocenters. The number of fused-ring (bicyclic) bond motifs is 1. The molecule has 1 aromatic carbocycles. The van der Waals surface area contributed by atoms with Crippen molar-refractivity contribution in [3.8, 4) is 11.5 Å². The van der Waals surface area contributed by atoms with Gasteiger partial charge in [0.05, 0.1) is 18.1 Å². The third kappa shape index (κ3) is 3.46. The van der Waals surface area contributed by atoms with Crippen LogP contribution in [0.4, 0.5) is 0 Å². The summed E-state index contributed by atoms with van der Waals surface area (Å²) in [5.41, 5.74) is 5.65. The van der Waals surface area contributed by atoms with Crippen molar-refractivity contribution in [1.29, 1.82) is 0 Å². The van der Waals surface area contributed by atoms with Crippen LogP contribution in [-0.4, -0.2) is 45.1 Å². The molecule has 2 aliphatic heterocycles. The lowest BCUT2D eigenvalue weighted by Gasteiger charge is -2.34. The molecule has 1 aromatic rings. The van der Waals surface area contributed by atoms with Gasteiger partial charge in [-0.05, 0) is 37.9 Å². The van der Waals surface area contributed by atoms with Gasteiger partial charge in [-0.3, -0.25) is 0 Å². The average Bonchev–Trinajstić information content (AvgIpc) is 2.80. The summed E-state index contributed by atoms with van der Waals surface area (Å²) < 4.78 is 38.9. The van der Waals surface area contributed by atoms with Crippen LogP contribution in [0.15, 0.2) is 23.1 Å². The summed E-state index contributed by atoms with van der Waals surface area (Å²) in [4.78, 5) is 0.269. The maximum Gasteiger partial charge on any atom is 0.243 e. The first-order chi connectivity index (χ1) is 11.1. The van der Waals surface area contributed by atoms with Crippen LogP contribution in [0, 0.1) is 0 Å². The van der Waals surface area contributed by atoms with Gasteiger partial charge in [0.2, 0.25) is 10.0 Å². The van der Waals surface area contributed by atoms with Crippen LogP contribution in [0.2, 0.25) is 0 Å². The normalized spacial score (nSPS) is 22.6. The zero-order valence-electron chi connectivity index (χ0n) is 13.2. The fourth-order valence-electron chi connectivity index (χ4n) is 3.21. The Kier molecular flexibility index (Phi) is 5.08. The van der Waals surface area contributed by atoms with Gasteiger partial charge in [-0.15, -0.1) is 0 Å². The number of nitrogens with two attached hydrogens (primary N) is 1. The van der Waals surface area contributed by atoms with Crippen LogP contribution in [0.25, 0.3) is 0 Å². The Hall–Kier alpha value is -1.31. The maximum atomic E-state index is 13.0. The predicted octanol–water partition coefficient (Wildman–Crippen LogP) is 1.74. The molecule has 0 saturated carbocycles. The van der Waals surface area contributed by atoms with Crippen LogP contribution in [0.5, 0.6) is 11.5 Å². The van der Waals surface area contributed by atoms with E-state index in [1.54, 1.807) is 22.5 Å². The molecule has 0 bridgehead atoms. The number of piperidine rings is 1. The van der Waals surface area contributed by atoms with Crippen LogP contribution in [0.1, 0.15) is 32.1 Å². The second kappa shape index (κ2) is 7.07. The lowest BCUT2D eigenvalue weighted by Crippen LogP contribution is -2.44. The van der Waals surface area contributed by atoms with Crippen molar-refractivity contribution in [2.45, 2.75) is 43.0 Å². The summed E-state index contributed by atoms with van der Waals surface area (Å²) >= 11 is 0. The van der Waals surface area contributed by atoms with Gasteiger partial charge < -0.3 is 15.2 Å². The van der Waals surface area contributed by atoms with E-state index in [9.17, 15) is 8.42 Å². The fourth-order valence-corrected chi connectivity index (χ4v) is 4.95. The van der Waals surface area contributed by atoms with Gasteiger partial charge in [0.1, 0.15) is 0 Å². The second-order valence-corrected chi connectivity index (χ2v) is 7.89. The van der Waals surface area contributed by atoms with Crippen molar-refractivity contribution >= 4 is 10.0 Å². The van der Waals surface area contributed by atoms with Gasteiger partial charge in [-0.25, -0.2) is 8.42 Å². The van der Waals surface area contributed by atoms with Crippen molar-refractivity contribution in [2.75, 3.05) is 26.3 Å². The van der Waals surface area contributed by atoms with Gasteiger partial charge >= 0.3 is 0 Å². The fraction of sp³-hybridized carbons (Fsp3) is 0.625. The molecule has 0 aromatic heterocycles. The average molecular weight is 340 g/mol. The van der Waals surface area contributed by atoms with Crippen molar-refractivity contribution in [2.24, 2.45) is 5.73 Å². The predicted molar refractivity (Wildman–Crippen MR) is 87.3 cm³/mol. The Bertz CT molecular complexity index is 645. The molecule has 1 unspecified atom stereocenters. The second-order valence-electron chi connectivity index (χ2n) is 6.00. The van der Waals surface area contributed by atoms with Crippen LogP contribution >= 0.6 is 0 Å². The molecule has 6 nitrogen and oxygen atoms in total. The Balaban J connectivity index is 1.90. The molecule has 0 spiro atoms. The highest BCUT2D eigenvalue weighted by atomic mass is 32.2. The molecule has 2 N–H and O–H groups in total. The summed E-state index contributed by atoms with van der Waals surface area (Å²) in [7, 11) is -3.54. The summed E-state index contributed by atoms with van der Waals surface area (Å²) in [6.07, 6.45) is 4.31. The van der Waals surface area contributed by atoms with E-state index < -0.39 is 10.0 Å². The molecular weight excluding hydrogens is 316 g/mol. The van der Waals surface area contributed by atoms with E-state index >= 15 is 0 Å². The van der Waals surface area contributed by atoms with Gasteiger partial charge in [0, 0.05) is 25.1 Å². The van der Waals surface area contributed by atoms with Crippen molar-refractivity contribution in [1.82, 2.24) is 4.31 Å². The Morgan fingerprint density at radius 2 is 1.91 bits per heavy atom. The van der Waals surface area contributed by atoms with E-state index in [4.69, 9.17) is 15.2 Å². The molecule has 1 saturated heterocycles. The van der Waals surface area contributed by atoms with E-state index in [0.29, 0.717) is 44.2 Å². The first-order valence-corrected chi connectivity index (χ1v) is 9.68. The van der Waals surface area contributed by atoms with Crippen LogP contribution in [0.3, 0.4) is 0 Å². The topological polar surface area (TPSA) is 81.9 Å². The highest BCUT2D eigenvalue weighted by molar-refractivity contribution is 7.89. The van der Waals surface area contributed by atoms with E-state index in [-0.39, 0.29) is 10.9 Å². The molecule has 3 rings (SSSR count). The van der Waals surface area contributed by atoms with Gasteiger partial charge in [-0.2, -0.15) is 4.31 Å². The SMILES string of the molecule is NCCC1CCCCN1S(=O)(=O)c1ccc2c(c1)OCCCO2. The van der Waals surface area contributed by atoms with Crippen molar-refractivity contribution in [3.05, 3.63) is 18.2 Å². The smallest absolute Gasteiger partial charge is 0.243 e. The zero-order chi connectivity index (χ0) is 16.3. The summed E-state index contributed by atoms with van der Waals surface area (Å²) in [6, 6.07) is 4.88. The molecule has 2 aliphatic rings. The lowest BCUT2D eigenvalue weighted by atomic mass is 10.0. The number of rotatable bonds is 4. The molecule has 0 aliphatic carbocycles. The number of nitrogens with zero attached hydrogens (tertiary/aromatic N) is 1. The Labute approximate surface area is 137 Å². The third-order valence-corrected chi connectivity index (χ3v) is 6.35. The number of benzene rings is 1. The number of hydrogen-bond acceptors (Lipinski definition) is 5. The molecule has 23 heavy (non-hydrogen) atoms. The molecule has 0 amide bonds. The van der Waals surface area contributed by atoms with E-state index in [1.165, 1.54) is 0 Å². The standard InChI is InChI=1S/C16H24N2O4S/c17-8-7-13-4-1-2-9-18(13)23(19,20)14-5-6-15-16(12-14)22-11-3-10-21-15/h5-6,12-13H,1-4,7-11,17H2. The largest absolute Gasteiger partial charge is 0.490 e. The minimum Gasteiger partial charge on any atom is -0.490 e. The summed E-state index contributed by atoms with van der Waals surface area (Å²) in [6.45, 7) is 2.18. The van der Waals surface area contributed by atoms with Gasteiger partial charge in [0.25, 0.3) is 0 Å². The minimum atomic E-state index is -3.54. The molecule has 128 valence electrons. The Morgan fingerprint density at radius 3 is 2.70 bits per heavy atom. The third-order valence-electron chi connectivity index (χ3n) is 4.40. The van der Waals surface area contributed by atoms with Gasteiger partial charge in [-0.1, -0.05) is 6.42 Å². The van der Waals surface area contributed by atoms with Crippen molar-refractivity contribution in [3.63, 3.8) is 0 Å². The quantitative estimate of drug-likeness (QED) is 0.903. The number of sulfonamides is 1. The maximum absolute atomic E-state index is 13.0. The van der Waals surface area contributed by atoms with Crippen molar-refractivity contribution < 1.29 is 17.9 Å².